The number of rotatable bonds is 3. The Morgan fingerprint density at radius 3 is 2.62 bits per heavy atom. The standard InChI is InChI=1S/C16H26N4O/c1-3-12-14(17)15(19(2)18-12)16(21)20-10-6-9-13(20)11-7-4-5-8-11/h11,13H,3-10,17H2,1-2H3. The summed E-state index contributed by atoms with van der Waals surface area (Å²) >= 11 is 0. The summed E-state index contributed by atoms with van der Waals surface area (Å²) in [6, 6.07) is 0.416. The molecule has 2 heterocycles. The Labute approximate surface area is 126 Å². The Morgan fingerprint density at radius 2 is 2.00 bits per heavy atom. The molecule has 1 atom stereocenters. The van der Waals surface area contributed by atoms with Crippen LogP contribution in [0.15, 0.2) is 0 Å². The number of carbonyl (C=O) groups excluding carboxylic acids is 1. The molecule has 1 aromatic rings. The molecule has 1 aromatic heterocycles. The number of nitrogen functional groups attached to an aromatic ring is 1. The van der Waals surface area contributed by atoms with Crippen LogP contribution < -0.4 is 5.73 Å². The molecule has 2 N–H and O–H groups in total. The second-order valence-corrected chi connectivity index (χ2v) is 6.44. The third-order valence-electron chi connectivity index (χ3n) is 5.20. The number of aromatic nitrogens is 2. The zero-order chi connectivity index (χ0) is 15.0. The number of nitrogens with zero attached hydrogens (tertiary/aromatic N) is 3. The molecule has 0 spiro atoms. The van der Waals surface area contributed by atoms with Crippen molar-refractivity contribution in [3.05, 3.63) is 11.4 Å². The number of carbonyl (C=O) groups is 1. The minimum Gasteiger partial charge on any atom is -0.395 e. The van der Waals surface area contributed by atoms with Crippen molar-refractivity contribution in [2.45, 2.75) is 57.9 Å². The fourth-order valence-corrected chi connectivity index (χ4v) is 4.12. The summed E-state index contributed by atoms with van der Waals surface area (Å²) in [7, 11) is 1.82. The first-order valence-corrected chi connectivity index (χ1v) is 8.25. The number of anilines is 1. The molecule has 2 fully saturated rings. The molecule has 3 rings (SSSR count). The quantitative estimate of drug-likeness (QED) is 0.929. The fourth-order valence-electron chi connectivity index (χ4n) is 4.12. The van der Waals surface area contributed by atoms with Gasteiger partial charge in [0.1, 0.15) is 5.69 Å². The highest BCUT2D eigenvalue weighted by Crippen LogP contribution is 2.36. The van der Waals surface area contributed by atoms with E-state index in [0.29, 0.717) is 23.3 Å². The number of hydrogen-bond donors (Lipinski definition) is 1. The smallest absolute Gasteiger partial charge is 0.274 e. The van der Waals surface area contributed by atoms with Gasteiger partial charge in [-0.3, -0.25) is 9.48 Å². The van der Waals surface area contributed by atoms with E-state index in [1.54, 1.807) is 4.68 Å². The molecule has 0 radical (unpaired) electrons. The van der Waals surface area contributed by atoms with Crippen molar-refractivity contribution in [1.29, 1.82) is 0 Å². The van der Waals surface area contributed by atoms with Gasteiger partial charge in [-0.05, 0) is 38.0 Å². The molecule has 1 aliphatic heterocycles. The average Bonchev–Trinajstić information content (AvgIpc) is 3.16. The lowest BCUT2D eigenvalue weighted by Gasteiger charge is -2.29. The van der Waals surface area contributed by atoms with E-state index in [4.69, 9.17) is 5.73 Å². The molecular weight excluding hydrogens is 264 g/mol. The Balaban J connectivity index is 1.85. The Kier molecular flexibility index (Phi) is 3.91. The van der Waals surface area contributed by atoms with E-state index in [9.17, 15) is 4.79 Å². The van der Waals surface area contributed by atoms with E-state index in [-0.39, 0.29) is 5.91 Å². The van der Waals surface area contributed by atoms with Crippen molar-refractivity contribution >= 4 is 11.6 Å². The molecule has 116 valence electrons. The van der Waals surface area contributed by atoms with Crippen LogP contribution in [0.4, 0.5) is 5.69 Å². The summed E-state index contributed by atoms with van der Waals surface area (Å²) < 4.78 is 1.67. The third-order valence-corrected chi connectivity index (χ3v) is 5.20. The van der Waals surface area contributed by atoms with Crippen molar-refractivity contribution in [1.82, 2.24) is 14.7 Å². The monoisotopic (exact) mass is 290 g/mol. The van der Waals surface area contributed by atoms with Crippen LogP contribution in [-0.2, 0) is 13.5 Å². The summed E-state index contributed by atoms with van der Waals surface area (Å²) in [6.45, 7) is 2.89. The van der Waals surface area contributed by atoms with Gasteiger partial charge >= 0.3 is 0 Å². The SMILES string of the molecule is CCc1nn(C)c(C(=O)N2CCCC2C2CCCC2)c1N. The van der Waals surface area contributed by atoms with Crippen LogP contribution in [0.25, 0.3) is 0 Å². The van der Waals surface area contributed by atoms with Crippen LogP contribution in [-0.4, -0.2) is 33.2 Å². The topological polar surface area (TPSA) is 64.2 Å². The van der Waals surface area contributed by atoms with Crippen LogP contribution in [0, 0.1) is 5.92 Å². The molecule has 1 aliphatic carbocycles. The number of nitrogens with two attached hydrogens (primary N) is 1. The number of hydrogen-bond acceptors (Lipinski definition) is 3. The van der Waals surface area contributed by atoms with Gasteiger partial charge in [-0.25, -0.2) is 0 Å². The maximum Gasteiger partial charge on any atom is 0.274 e. The highest BCUT2D eigenvalue weighted by molar-refractivity contribution is 5.98. The predicted molar refractivity (Wildman–Crippen MR) is 83.0 cm³/mol. The number of amides is 1. The lowest BCUT2D eigenvalue weighted by atomic mass is 9.96. The Bertz CT molecular complexity index is 531. The minimum atomic E-state index is 0.0802. The van der Waals surface area contributed by atoms with Crippen LogP contribution in [0.3, 0.4) is 0 Å². The third kappa shape index (κ3) is 2.43. The van der Waals surface area contributed by atoms with Crippen molar-refractivity contribution < 1.29 is 4.79 Å². The summed E-state index contributed by atoms with van der Waals surface area (Å²) in [6.07, 6.45) is 8.21. The first-order valence-electron chi connectivity index (χ1n) is 8.25. The van der Waals surface area contributed by atoms with E-state index >= 15 is 0 Å². The van der Waals surface area contributed by atoms with Gasteiger partial charge in [0, 0.05) is 19.6 Å². The van der Waals surface area contributed by atoms with Crippen molar-refractivity contribution in [2.24, 2.45) is 13.0 Å². The number of aryl methyl sites for hydroxylation is 2. The van der Waals surface area contributed by atoms with E-state index in [1.807, 2.05) is 14.0 Å². The van der Waals surface area contributed by atoms with Crippen molar-refractivity contribution in [3.63, 3.8) is 0 Å². The minimum absolute atomic E-state index is 0.0802. The lowest BCUT2D eigenvalue weighted by Crippen LogP contribution is -2.40. The van der Waals surface area contributed by atoms with Gasteiger partial charge in [-0.1, -0.05) is 19.8 Å². The maximum atomic E-state index is 13.0. The van der Waals surface area contributed by atoms with E-state index < -0.39 is 0 Å². The van der Waals surface area contributed by atoms with E-state index in [2.05, 4.69) is 10.00 Å². The highest BCUT2D eigenvalue weighted by Gasteiger charge is 2.37. The molecule has 0 aromatic carbocycles. The van der Waals surface area contributed by atoms with E-state index in [0.717, 1.165) is 31.5 Å². The van der Waals surface area contributed by atoms with Gasteiger partial charge in [0.05, 0.1) is 11.4 Å². The van der Waals surface area contributed by atoms with Crippen LogP contribution >= 0.6 is 0 Å². The van der Waals surface area contributed by atoms with Crippen LogP contribution in [0.5, 0.6) is 0 Å². The van der Waals surface area contributed by atoms with Crippen molar-refractivity contribution in [2.75, 3.05) is 12.3 Å². The normalized spacial score (nSPS) is 23.1. The molecule has 1 amide bonds. The molecule has 1 saturated heterocycles. The largest absolute Gasteiger partial charge is 0.395 e. The van der Waals surface area contributed by atoms with Crippen LogP contribution in [0.1, 0.15) is 61.6 Å². The molecule has 5 heteroatoms. The second kappa shape index (κ2) is 5.70. The Morgan fingerprint density at radius 1 is 1.29 bits per heavy atom. The first kappa shape index (κ1) is 14.4. The zero-order valence-electron chi connectivity index (χ0n) is 13.1. The summed E-state index contributed by atoms with van der Waals surface area (Å²) in [5.41, 5.74) is 8.13. The highest BCUT2D eigenvalue weighted by atomic mass is 16.2. The van der Waals surface area contributed by atoms with Crippen LogP contribution in [0.2, 0.25) is 0 Å². The van der Waals surface area contributed by atoms with Gasteiger partial charge in [0.15, 0.2) is 0 Å². The van der Waals surface area contributed by atoms with Crippen molar-refractivity contribution in [3.8, 4) is 0 Å². The Hall–Kier alpha value is -1.52. The molecule has 1 saturated carbocycles. The summed E-state index contributed by atoms with van der Waals surface area (Å²) in [5.74, 6) is 0.771. The maximum absolute atomic E-state index is 13.0. The van der Waals surface area contributed by atoms with Gasteiger partial charge in [-0.2, -0.15) is 5.10 Å². The molecule has 21 heavy (non-hydrogen) atoms. The molecular formula is C16H26N4O. The first-order chi connectivity index (χ1) is 10.1. The fraction of sp³-hybridized carbons (Fsp3) is 0.750. The number of likely N-dealkylation sites (tertiary alicyclic amines) is 1. The average molecular weight is 290 g/mol. The van der Waals surface area contributed by atoms with Gasteiger partial charge in [0.2, 0.25) is 0 Å². The van der Waals surface area contributed by atoms with Gasteiger partial charge in [-0.15, -0.1) is 0 Å². The molecule has 1 unspecified atom stereocenters. The van der Waals surface area contributed by atoms with Gasteiger partial charge < -0.3 is 10.6 Å². The second-order valence-electron chi connectivity index (χ2n) is 6.44. The zero-order valence-corrected chi connectivity index (χ0v) is 13.1. The predicted octanol–water partition coefficient (Wildman–Crippen LogP) is 2.36. The molecule has 0 bridgehead atoms. The molecule has 2 aliphatic rings. The van der Waals surface area contributed by atoms with Gasteiger partial charge in [0.25, 0.3) is 5.91 Å². The molecule has 5 nitrogen and oxygen atoms in total. The lowest BCUT2D eigenvalue weighted by molar-refractivity contribution is 0.0679. The van der Waals surface area contributed by atoms with E-state index in [1.165, 1.54) is 25.7 Å². The summed E-state index contributed by atoms with van der Waals surface area (Å²) in [5, 5.41) is 4.39. The summed E-state index contributed by atoms with van der Waals surface area (Å²) in [4.78, 5) is 15.0.